The average molecular weight is 315 g/mol. The van der Waals surface area contributed by atoms with Gasteiger partial charge in [0.2, 0.25) is 0 Å². The smallest absolute Gasteiger partial charge is 0.0464 e. The minimum absolute atomic E-state index is 0.547. The highest BCUT2D eigenvalue weighted by molar-refractivity contribution is 5.76. The lowest BCUT2D eigenvalue weighted by Crippen LogP contribution is -2.10. The Labute approximate surface area is 145 Å². The first kappa shape index (κ1) is 16.3. The van der Waals surface area contributed by atoms with E-state index < -0.39 is 0 Å². The van der Waals surface area contributed by atoms with Crippen molar-refractivity contribution >= 4 is 17.1 Å². The lowest BCUT2D eigenvalue weighted by molar-refractivity contribution is 0.866. The van der Waals surface area contributed by atoms with Gasteiger partial charge in [-0.3, -0.25) is 0 Å². The Kier molecular flexibility index (Phi) is 4.71. The molecular formula is C23H25N. The first-order valence-corrected chi connectivity index (χ1v) is 8.58. The molecule has 0 unspecified atom stereocenters. The molecule has 0 spiro atoms. The topological polar surface area (TPSA) is 3.24 Å². The zero-order chi connectivity index (χ0) is 17.1. The van der Waals surface area contributed by atoms with Gasteiger partial charge in [0.25, 0.3) is 0 Å². The summed E-state index contributed by atoms with van der Waals surface area (Å²) < 4.78 is 0. The lowest BCUT2D eigenvalue weighted by atomic mass is 10.0. The molecule has 122 valence electrons. The molecule has 0 atom stereocenters. The molecule has 3 aromatic rings. The Bertz CT molecular complexity index is 798. The van der Waals surface area contributed by atoms with Crippen LogP contribution in [0.3, 0.4) is 0 Å². The number of rotatable bonds is 4. The molecule has 0 saturated carbocycles. The van der Waals surface area contributed by atoms with E-state index >= 15 is 0 Å². The SMILES string of the molecule is Cc1ccc(N(c2ccc(C(C)C)cc2)c2cccc(C)c2)cc1. The zero-order valence-corrected chi connectivity index (χ0v) is 15.0. The fraction of sp³-hybridized carbons (Fsp3) is 0.217. The van der Waals surface area contributed by atoms with Crippen LogP contribution in [-0.2, 0) is 0 Å². The molecule has 0 heterocycles. The van der Waals surface area contributed by atoms with Gasteiger partial charge in [0.05, 0.1) is 0 Å². The van der Waals surface area contributed by atoms with Gasteiger partial charge in [-0.05, 0) is 67.3 Å². The third-order valence-electron chi connectivity index (χ3n) is 4.37. The molecule has 24 heavy (non-hydrogen) atoms. The summed E-state index contributed by atoms with van der Waals surface area (Å²) in [5.74, 6) is 0.547. The maximum absolute atomic E-state index is 2.32. The summed E-state index contributed by atoms with van der Waals surface area (Å²) in [4.78, 5) is 2.32. The van der Waals surface area contributed by atoms with Crippen LogP contribution in [0.15, 0.2) is 72.8 Å². The molecule has 1 heteroatoms. The minimum Gasteiger partial charge on any atom is -0.310 e. The molecule has 0 N–H and O–H groups in total. The largest absolute Gasteiger partial charge is 0.310 e. The molecule has 3 rings (SSSR count). The van der Waals surface area contributed by atoms with E-state index in [0.29, 0.717) is 5.92 Å². The zero-order valence-electron chi connectivity index (χ0n) is 15.0. The predicted molar refractivity (Wildman–Crippen MR) is 105 cm³/mol. The molecule has 3 aromatic carbocycles. The molecular weight excluding hydrogens is 290 g/mol. The normalized spacial score (nSPS) is 10.9. The Hall–Kier alpha value is -2.54. The van der Waals surface area contributed by atoms with E-state index in [-0.39, 0.29) is 0 Å². The van der Waals surface area contributed by atoms with Crippen molar-refractivity contribution in [3.05, 3.63) is 89.5 Å². The Balaban J connectivity index is 2.09. The first-order valence-electron chi connectivity index (χ1n) is 8.58. The Morgan fingerprint density at radius 1 is 0.625 bits per heavy atom. The van der Waals surface area contributed by atoms with Gasteiger partial charge in [0.1, 0.15) is 0 Å². The summed E-state index contributed by atoms with van der Waals surface area (Å²) in [6.07, 6.45) is 0. The second-order valence-corrected chi connectivity index (χ2v) is 6.76. The Morgan fingerprint density at radius 3 is 1.75 bits per heavy atom. The number of benzene rings is 3. The van der Waals surface area contributed by atoms with Gasteiger partial charge in [0.15, 0.2) is 0 Å². The van der Waals surface area contributed by atoms with E-state index in [4.69, 9.17) is 0 Å². The highest BCUT2D eigenvalue weighted by atomic mass is 15.1. The molecule has 0 aliphatic rings. The molecule has 0 bridgehead atoms. The molecule has 0 fully saturated rings. The number of hydrogen-bond acceptors (Lipinski definition) is 1. The van der Waals surface area contributed by atoms with Crippen LogP contribution in [0.5, 0.6) is 0 Å². The van der Waals surface area contributed by atoms with Gasteiger partial charge < -0.3 is 4.90 Å². The van der Waals surface area contributed by atoms with Crippen LogP contribution >= 0.6 is 0 Å². The van der Waals surface area contributed by atoms with E-state index in [1.807, 2.05) is 0 Å². The van der Waals surface area contributed by atoms with Crippen molar-refractivity contribution in [2.45, 2.75) is 33.6 Å². The van der Waals surface area contributed by atoms with Gasteiger partial charge in [-0.25, -0.2) is 0 Å². The Morgan fingerprint density at radius 2 is 1.21 bits per heavy atom. The lowest BCUT2D eigenvalue weighted by Gasteiger charge is -2.26. The molecule has 0 radical (unpaired) electrons. The minimum atomic E-state index is 0.547. The van der Waals surface area contributed by atoms with Gasteiger partial charge in [-0.15, -0.1) is 0 Å². The maximum atomic E-state index is 2.32. The molecule has 0 aromatic heterocycles. The summed E-state index contributed by atoms with van der Waals surface area (Å²) in [5.41, 5.74) is 7.47. The van der Waals surface area contributed by atoms with Crippen LogP contribution in [0.4, 0.5) is 17.1 Å². The van der Waals surface area contributed by atoms with Crippen molar-refractivity contribution in [2.24, 2.45) is 0 Å². The van der Waals surface area contributed by atoms with Crippen LogP contribution in [0.2, 0.25) is 0 Å². The van der Waals surface area contributed by atoms with Gasteiger partial charge in [-0.2, -0.15) is 0 Å². The van der Waals surface area contributed by atoms with Gasteiger partial charge in [-0.1, -0.05) is 55.8 Å². The molecule has 0 aliphatic carbocycles. The number of nitrogens with zero attached hydrogens (tertiary/aromatic N) is 1. The number of aryl methyl sites for hydroxylation is 2. The van der Waals surface area contributed by atoms with E-state index in [2.05, 4.69) is 105 Å². The quantitative estimate of drug-likeness (QED) is 0.506. The third kappa shape index (κ3) is 3.51. The van der Waals surface area contributed by atoms with Crippen LogP contribution in [-0.4, -0.2) is 0 Å². The van der Waals surface area contributed by atoms with Crippen molar-refractivity contribution in [2.75, 3.05) is 4.90 Å². The second kappa shape index (κ2) is 6.92. The van der Waals surface area contributed by atoms with E-state index in [0.717, 1.165) is 0 Å². The second-order valence-electron chi connectivity index (χ2n) is 6.76. The highest BCUT2D eigenvalue weighted by Gasteiger charge is 2.12. The fourth-order valence-electron chi connectivity index (χ4n) is 2.92. The van der Waals surface area contributed by atoms with Crippen molar-refractivity contribution in [3.63, 3.8) is 0 Å². The van der Waals surface area contributed by atoms with E-state index in [1.165, 1.54) is 33.8 Å². The van der Waals surface area contributed by atoms with Crippen LogP contribution in [0.1, 0.15) is 36.5 Å². The molecule has 0 aliphatic heterocycles. The molecule has 1 nitrogen and oxygen atoms in total. The summed E-state index contributed by atoms with van der Waals surface area (Å²) in [6, 6.07) is 26.3. The molecule has 0 amide bonds. The fourth-order valence-corrected chi connectivity index (χ4v) is 2.92. The summed E-state index contributed by atoms with van der Waals surface area (Å²) in [7, 11) is 0. The van der Waals surface area contributed by atoms with E-state index in [9.17, 15) is 0 Å². The first-order chi connectivity index (χ1) is 11.5. The maximum Gasteiger partial charge on any atom is 0.0464 e. The highest BCUT2D eigenvalue weighted by Crippen LogP contribution is 2.35. The third-order valence-corrected chi connectivity index (χ3v) is 4.37. The summed E-state index contributed by atoms with van der Waals surface area (Å²) >= 11 is 0. The van der Waals surface area contributed by atoms with Crippen LogP contribution in [0, 0.1) is 13.8 Å². The predicted octanol–water partition coefficient (Wildman–Crippen LogP) is 6.90. The molecule has 0 saturated heterocycles. The summed E-state index contributed by atoms with van der Waals surface area (Å²) in [5, 5.41) is 0. The standard InChI is InChI=1S/C23H25N/c1-17(2)20-10-14-22(15-11-20)24(21-12-8-18(3)9-13-21)23-7-5-6-19(4)16-23/h5-17H,1-4H3. The van der Waals surface area contributed by atoms with Crippen LogP contribution < -0.4 is 4.90 Å². The number of anilines is 3. The van der Waals surface area contributed by atoms with Crippen molar-refractivity contribution in [1.29, 1.82) is 0 Å². The summed E-state index contributed by atoms with van der Waals surface area (Å²) in [6.45, 7) is 8.72. The van der Waals surface area contributed by atoms with Gasteiger partial charge in [0, 0.05) is 17.1 Å². The van der Waals surface area contributed by atoms with Crippen molar-refractivity contribution in [1.82, 2.24) is 0 Å². The van der Waals surface area contributed by atoms with E-state index in [1.54, 1.807) is 0 Å². The van der Waals surface area contributed by atoms with Crippen molar-refractivity contribution < 1.29 is 0 Å². The monoisotopic (exact) mass is 315 g/mol. The average Bonchev–Trinajstić information content (AvgIpc) is 2.57. The number of hydrogen-bond donors (Lipinski definition) is 0. The van der Waals surface area contributed by atoms with Crippen molar-refractivity contribution in [3.8, 4) is 0 Å². The van der Waals surface area contributed by atoms with Crippen LogP contribution in [0.25, 0.3) is 0 Å². The van der Waals surface area contributed by atoms with Gasteiger partial charge >= 0.3 is 0 Å².